The molecule has 3 heteroatoms. The second-order valence-electron chi connectivity index (χ2n) is 3.23. The molecule has 0 radical (unpaired) electrons. The van der Waals surface area contributed by atoms with Crippen LogP contribution in [0.2, 0.25) is 0 Å². The lowest BCUT2D eigenvalue weighted by Crippen LogP contribution is -2.23. The summed E-state index contributed by atoms with van der Waals surface area (Å²) in [4.78, 5) is 10.5. The van der Waals surface area contributed by atoms with Crippen LogP contribution in [0.1, 0.15) is 26.2 Å². The molecule has 1 atom stereocenters. The first-order valence-corrected chi connectivity index (χ1v) is 3.98. The van der Waals surface area contributed by atoms with E-state index in [-0.39, 0.29) is 11.8 Å². The van der Waals surface area contributed by atoms with E-state index in [9.17, 15) is 4.79 Å². The summed E-state index contributed by atoms with van der Waals surface area (Å²) in [6, 6.07) is 0. The molecule has 0 aromatic rings. The van der Waals surface area contributed by atoms with E-state index < -0.39 is 5.97 Å². The van der Waals surface area contributed by atoms with E-state index >= 15 is 0 Å². The molecule has 1 heterocycles. The van der Waals surface area contributed by atoms with Gasteiger partial charge in [0, 0.05) is 12.0 Å². The maximum absolute atomic E-state index is 10.5. The highest BCUT2D eigenvalue weighted by Crippen LogP contribution is 2.35. The van der Waals surface area contributed by atoms with Crippen LogP contribution in [-0.4, -0.2) is 24.3 Å². The van der Waals surface area contributed by atoms with Gasteiger partial charge in [-0.2, -0.15) is 0 Å². The Bertz CT molecular complexity index is 147. The van der Waals surface area contributed by atoms with E-state index in [0.29, 0.717) is 6.61 Å². The number of hydrogen-bond acceptors (Lipinski definition) is 2. The van der Waals surface area contributed by atoms with Crippen LogP contribution >= 0.6 is 0 Å². The number of ether oxygens (including phenoxy) is 1. The van der Waals surface area contributed by atoms with Crippen molar-refractivity contribution in [3.8, 4) is 0 Å². The van der Waals surface area contributed by atoms with Crippen LogP contribution in [0, 0.1) is 5.41 Å². The van der Waals surface area contributed by atoms with Crippen molar-refractivity contribution in [2.75, 3.05) is 13.2 Å². The lowest BCUT2D eigenvalue weighted by molar-refractivity contribution is -0.139. The Morgan fingerprint density at radius 1 is 1.73 bits per heavy atom. The van der Waals surface area contributed by atoms with Crippen molar-refractivity contribution in [2.45, 2.75) is 26.2 Å². The van der Waals surface area contributed by atoms with Crippen molar-refractivity contribution in [3.63, 3.8) is 0 Å². The Morgan fingerprint density at radius 3 is 2.82 bits per heavy atom. The van der Waals surface area contributed by atoms with Gasteiger partial charge in [-0.05, 0) is 12.8 Å². The van der Waals surface area contributed by atoms with Crippen molar-refractivity contribution >= 4 is 5.97 Å². The summed E-state index contributed by atoms with van der Waals surface area (Å²) >= 11 is 0. The van der Waals surface area contributed by atoms with Gasteiger partial charge < -0.3 is 9.84 Å². The summed E-state index contributed by atoms with van der Waals surface area (Å²) in [5, 5.41) is 8.61. The highest BCUT2D eigenvalue weighted by Gasteiger charge is 2.35. The second kappa shape index (κ2) is 3.22. The van der Waals surface area contributed by atoms with E-state index in [4.69, 9.17) is 9.84 Å². The summed E-state index contributed by atoms with van der Waals surface area (Å²) in [5.41, 5.74) is -0.0637. The summed E-state index contributed by atoms with van der Waals surface area (Å²) in [6.45, 7) is 3.37. The molecule has 1 rings (SSSR count). The number of rotatable bonds is 3. The molecule has 11 heavy (non-hydrogen) atoms. The molecule has 0 aromatic carbocycles. The molecule has 1 N–H and O–H groups in total. The number of aliphatic carboxylic acids is 1. The number of hydrogen-bond donors (Lipinski definition) is 1. The molecule has 3 nitrogen and oxygen atoms in total. The molecule has 64 valence electrons. The minimum absolute atomic E-state index is 0.0637. The van der Waals surface area contributed by atoms with Gasteiger partial charge >= 0.3 is 5.97 Å². The second-order valence-corrected chi connectivity index (χ2v) is 3.23. The molecule has 1 unspecified atom stereocenters. The Balaban J connectivity index is 2.52. The summed E-state index contributed by atoms with van der Waals surface area (Å²) in [5.74, 6) is -0.711. The molecule has 0 saturated carbocycles. The Morgan fingerprint density at radius 2 is 2.45 bits per heavy atom. The van der Waals surface area contributed by atoms with Crippen LogP contribution < -0.4 is 0 Å². The largest absolute Gasteiger partial charge is 0.481 e. The molecule has 0 aromatic heterocycles. The minimum atomic E-state index is -0.711. The van der Waals surface area contributed by atoms with Crippen LogP contribution in [-0.2, 0) is 9.53 Å². The van der Waals surface area contributed by atoms with Crippen LogP contribution in [0.4, 0.5) is 0 Å². The van der Waals surface area contributed by atoms with Crippen LogP contribution in [0.3, 0.4) is 0 Å². The summed E-state index contributed by atoms with van der Waals surface area (Å²) in [7, 11) is 0. The summed E-state index contributed by atoms with van der Waals surface area (Å²) < 4.78 is 5.19. The monoisotopic (exact) mass is 158 g/mol. The Labute approximate surface area is 66.4 Å². The van der Waals surface area contributed by atoms with Crippen molar-refractivity contribution in [3.05, 3.63) is 0 Å². The van der Waals surface area contributed by atoms with Crippen molar-refractivity contribution in [2.24, 2.45) is 5.41 Å². The zero-order chi connectivity index (χ0) is 8.32. The standard InChI is InChI=1S/C8H14O3/c1-2-8(5-7(9)10)3-4-11-6-8/h2-6H2,1H3,(H,9,10). The van der Waals surface area contributed by atoms with Gasteiger partial charge in [0.2, 0.25) is 0 Å². The fraction of sp³-hybridized carbons (Fsp3) is 0.875. The van der Waals surface area contributed by atoms with E-state index in [2.05, 4.69) is 0 Å². The molecule has 1 saturated heterocycles. The first-order valence-electron chi connectivity index (χ1n) is 3.98. The van der Waals surface area contributed by atoms with E-state index in [0.717, 1.165) is 19.4 Å². The predicted molar refractivity (Wildman–Crippen MR) is 40.4 cm³/mol. The Hall–Kier alpha value is -0.570. The van der Waals surface area contributed by atoms with Gasteiger partial charge in [-0.25, -0.2) is 0 Å². The zero-order valence-electron chi connectivity index (χ0n) is 6.80. The van der Waals surface area contributed by atoms with Gasteiger partial charge in [0.1, 0.15) is 0 Å². The van der Waals surface area contributed by atoms with Gasteiger partial charge in [0.15, 0.2) is 0 Å². The van der Waals surface area contributed by atoms with Crippen molar-refractivity contribution in [1.82, 2.24) is 0 Å². The fourth-order valence-electron chi connectivity index (χ4n) is 1.51. The van der Waals surface area contributed by atoms with Gasteiger partial charge in [0.05, 0.1) is 13.0 Å². The van der Waals surface area contributed by atoms with Gasteiger partial charge in [-0.3, -0.25) is 4.79 Å². The van der Waals surface area contributed by atoms with Crippen molar-refractivity contribution < 1.29 is 14.6 Å². The van der Waals surface area contributed by atoms with E-state index in [1.54, 1.807) is 0 Å². The Kier molecular flexibility index (Phi) is 2.49. The van der Waals surface area contributed by atoms with E-state index in [1.807, 2.05) is 6.92 Å². The lowest BCUT2D eigenvalue weighted by Gasteiger charge is -2.22. The fourth-order valence-corrected chi connectivity index (χ4v) is 1.51. The van der Waals surface area contributed by atoms with Crippen LogP contribution in [0.5, 0.6) is 0 Å². The first-order chi connectivity index (χ1) is 5.18. The third-order valence-corrected chi connectivity index (χ3v) is 2.46. The average molecular weight is 158 g/mol. The summed E-state index contributed by atoms with van der Waals surface area (Å²) in [6.07, 6.45) is 2.05. The quantitative estimate of drug-likeness (QED) is 0.673. The molecule has 0 spiro atoms. The van der Waals surface area contributed by atoms with Gasteiger partial charge in [-0.15, -0.1) is 0 Å². The zero-order valence-corrected chi connectivity index (χ0v) is 6.80. The van der Waals surface area contributed by atoms with Gasteiger partial charge in [-0.1, -0.05) is 6.92 Å². The average Bonchev–Trinajstić information content (AvgIpc) is 2.36. The highest BCUT2D eigenvalue weighted by atomic mass is 16.5. The predicted octanol–water partition coefficient (Wildman–Crippen LogP) is 1.28. The normalized spacial score (nSPS) is 30.6. The molecule has 0 amide bonds. The van der Waals surface area contributed by atoms with Gasteiger partial charge in [0.25, 0.3) is 0 Å². The topological polar surface area (TPSA) is 46.5 Å². The van der Waals surface area contributed by atoms with Crippen molar-refractivity contribution in [1.29, 1.82) is 0 Å². The number of carboxylic acid groups (broad SMARTS) is 1. The highest BCUT2D eigenvalue weighted by molar-refractivity contribution is 5.67. The number of carbonyl (C=O) groups is 1. The van der Waals surface area contributed by atoms with E-state index in [1.165, 1.54) is 0 Å². The maximum atomic E-state index is 10.5. The third-order valence-electron chi connectivity index (χ3n) is 2.46. The molecule has 0 bridgehead atoms. The molecular weight excluding hydrogens is 144 g/mol. The molecule has 1 fully saturated rings. The third kappa shape index (κ3) is 1.93. The maximum Gasteiger partial charge on any atom is 0.303 e. The van der Waals surface area contributed by atoms with Crippen LogP contribution in [0.25, 0.3) is 0 Å². The first kappa shape index (κ1) is 8.53. The van der Waals surface area contributed by atoms with Crippen LogP contribution in [0.15, 0.2) is 0 Å². The molecule has 0 aliphatic carbocycles. The molecular formula is C8H14O3. The number of carboxylic acids is 1. The molecule has 1 aliphatic rings. The smallest absolute Gasteiger partial charge is 0.303 e. The minimum Gasteiger partial charge on any atom is -0.481 e. The molecule has 1 aliphatic heterocycles. The SMILES string of the molecule is CCC1(CC(=O)O)CCOC1. The lowest BCUT2D eigenvalue weighted by atomic mass is 9.81.